The number of pyridine rings is 1. The van der Waals surface area contributed by atoms with Crippen LogP contribution in [0.15, 0.2) is 209 Å². The van der Waals surface area contributed by atoms with Crippen molar-refractivity contribution in [1.82, 2.24) is 15.0 Å². The molecule has 0 bridgehead atoms. The van der Waals surface area contributed by atoms with Crippen LogP contribution in [0.25, 0.3) is 122 Å². The molecule has 0 amide bonds. The van der Waals surface area contributed by atoms with E-state index in [1.54, 1.807) is 0 Å². The largest absolute Gasteiger partial charge is 0.455 e. The van der Waals surface area contributed by atoms with Crippen LogP contribution in [-0.4, -0.2) is 15.0 Å². The SMILES string of the molecule is c1ccc(-c2cc(-c3ccc(-c4cccc5c4oc4ccccc45)cc3)nc(-c3cccc(-c4ccc5c(c4)nc(-c4ccccc4)c4oc6ccccc6c45)c3)n2)cc1. The molecule has 60 heavy (non-hydrogen) atoms. The average Bonchev–Trinajstić information content (AvgIpc) is 3.91. The van der Waals surface area contributed by atoms with Crippen molar-refractivity contribution in [2.24, 2.45) is 0 Å². The minimum atomic E-state index is 0.654. The summed E-state index contributed by atoms with van der Waals surface area (Å²) in [4.78, 5) is 15.6. The molecule has 0 atom stereocenters. The Balaban J connectivity index is 0.958. The zero-order chi connectivity index (χ0) is 39.6. The molecule has 8 aromatic carbocycles. The Labute approximate surface area is 344 Å². The molecule has 5 nitrogen and oxygen atoms in total. The van der Waals surface area contributed by atoms with E-state index in [4.69, 9.17) is 23.8 Å². The Kier molecular flexibility index (Phi) is 7.78. The Morgan fingerprint density at radius 1 is 0.317 bits per heavy atom. The van der Waals surface area contributed by atoms with Crippen molar-refractivity contribution >= 4 is 54.8 Å². The van der Waals surface area contributed by atoms with E-state index < -0.39 is 0 Å². The fourth-order valence-electron chi connectivity index (χ4n) is 8.57. The maximum Gasteiger partial charge on any atom is 0.162 e. The summed E-state index contributed by atoms with van der Waals surface area (Å²) >= 11 is 0. The number of aromatic nitrogens is 3. The molecule has 4 aromatic heterocycles. The van der Waals surface area contributed by atoms with E-state index in [9.17, 15) is 0 Å². The molecule has 12 rings (SSSR count). The average molecular weight is 768 g/mol. The van der Waals surface area contributed by atoms with Gasteiger partial charge in [0.2, 0.25) is 0 Å². The number of nitrogens with zero attached hydrogens (tertiary/aromatic N) is 3. The number of para-hydroxylation sites is 3. The predicted octanol–water partition coefficient (Wildman–Crippen LogP) is 14.8. The van der Waals surface area contributed by atoms with Crippen LogP contribution < -0.4 is 0 Å². The van der Waals surface area contributed by atoms with Gasteiger partial charge in [-0.15, -0.1) is 0 Å². The van der Waals surface area contributed by atoms with Crippen molar-refractivity contribution < 1.29 is 8.83 Å². The molecule has 0 N–H and O–H groups in total. The Hall–Kier alpha value is -8.15. The van der Waals surface area contributed by atoms with Crippen molar-refractivity contribution in [1.29, 1.82) is 0 Å². The quantitative estimate of drug-likeness (QED) is 0.169. The van der Waals surface area contributed by atoms with Gasteiger partial charge in [0.05, 0.1) is 16.9 Å². The Morgan fingerprint density at radius 2 is 0.867 bits per heavy atom. The molecule has 0 saturated carbocycles. The van der Waals surface area contributed by atoms with E-state index in [1.165, 1.54) is 0 Å². The standard InChI is InChI=1S/C55H33N3O2/c1-3-13-35(14-4-1)46-33-47(36-27-25-34(26-28-36)41-21-12-22-43-42-19-7-9-23-49(42)59-53(41)43)58-55(57-46)40-18-11-17-38(31-40)39-29-30-44-48(32-39)56-52(37-15-5-2-6-16-37)54-51(44)45-20-8-10-24-50(45)60-54/h1-33H. The van der Waals surface area contributed by atoms with Crippen LogP contribution in [0, 0.1) is 0 Å². The van der Waals surface area contributed by atoms with Crippen LogP contribution in [0.3, 0.4) is 0 Å². The number of fused-ring (bicyclic) bond motifs is 8. The van der Waals surface area contributed by atoms with E-state index in [1.807, 2.05) is 60.7 Å². The molecule has 0 saturated heterocycles. The van der Waals surface area contributed by atoms with Crippen molar-refractivity contribution in [3.8, 4) is 67.4 Å². The fraction of sp³-hybridized carbons (Fsp3) is 0. The molecule has 280 valence electrons. The van der Waals surface area contributed by atoms with Crippen molar-refractivity contribution in [3.05, 3.63) is 200 Å². The van der Waals surface area contributed by atoms with Gasteiger partial charge in [0, 0.05) is 54.7 Å². The third-order valence-electron chi connectivity index (χ3n) is 11.5. The molecule has 0 aliphatic heterocycles. The van der Waals surface area contributed by atoms with Gasteiger partial charge in [-0.3, -0.25) is 0 Å². The summed E-state index contributed by atoms with van der Waals surface area (Å²) in [6.07, 6.45) is 0. The second kappa shape index (κ2) is 13.8. The van der Waals surface area contributed by atoms with Crippen LogP contribution in [0.4, 0.5) is 0 Å². The van der Waals surface area contributed by atoms with Crippen molar-refractivity contribution in [3.63, 3.8) is 0 Å². The predicted molar refractivity (Wildman–Crippen MR) is 245 cm³/mol. The van der Waals surface area contributed by atoms with Crippen LogP contribution in [0.2, 0.25) is 0 Å². The second-order valence-electron chi connectivity index (χ2n) is 15.1. The number of benzene rings is 8. The van der Waals surface area contributed by atoms with Crippen LogP contribution in [0.5, 0.6) is 0 Å². The lowest BCUT2D eigenvalue weighted by molar-refractivity contribution is 0.668. The van der Waals surface area contributed by atoms with Gasteiger partial charge in [0.15, 0.2) is 11.4 Å². The molecule has 0 aliphatic rings. The van der Waals surface area contributed by atoms with Crippen LogP contribution in [0.1, 0.15) is 0 Å². The highest BCUT2D eigenvalue weighted by Gasteiger charge is 2.19. The van der Waals surface area contributed by atoms with E-state index in [2.05, 4.69) is 140 Å². The van der Waals surface area contributed by atoms with Gasteiger partial charge < -0.3 is 8.83 Å². The number of furan rings is 2. The summed E-state index contributed by atoms with van der Waals surface area (Å²) in [5.41, 5.74) is 15.1. The van der Waals surface area contributed by atoms with Gasteiger partial charge in [-0.1, -0.05) is 170 Å². The zero-order valence-corrected chi connectivity index (χ0v) is 32.2. The van der Waals surface area contributed by atoms with Gasteiger partial charge in [-0.25, -0.2) is 15.0 Å². The van der Waals surface area contributed by atoms with Gasteiger partial charge in [0.25, 0.3) is 0 Å². The maximum atomic E-state index is 6.48. The van der Waals surface area contributed by atoms with Crippen molar-refractivity contribution in [2.75, 3.05) is 0 Å². The molecule has 4 heterocycles. The first-order valence-corrected chi connectivity index (χ1v) is 20.1. The zero-order valence-electron chi connectivity index (χ0n) is 32.2. The summed E-state index contributed by atoms with van der Waals surface area (Å²) in [6, 6.07) is 69.0. The highest BCUT2D eigenvalue weighted by molar-refractivity contribution is 6.21. The molecule has 0 radical (unpaired) electrons. The topological polar surface area (TPSA) is 65.0 Å². The highest BCUT2D eigenvalue weighted by Crippen LogP contribution is 2.41. The lowest BCUT2D eigenvalue weighted by Gasteiger charge is -2.12. The number of rotatable bonds is 6. The first-order chi connectivity index (χ1) is 29.7. The van der Waals surface area contributed by atoms with Gasteiger partial charge in [0.1, 0.15) is 22.4 Å². The van der Waals surface area contributed by atoms with E-state index in [0.717, 1.165) is 116 Å². The lowest BCUT2D eigenvalue weighted by atomic mass is 9.98. The first kappa shape index (κ1) is 33.9. The molecular formula is C55H33N3O2. The lowest BCUT2D eigenvalue weighted by Crippen LogP contribution is -1.96. The first-order valence-electron chi connectivity index (χ1n) is 20.1. The number of hydrogen-bond acceptors (Lipinski definition) is 5. The summed E-state index contributed by atoms with van der Waals surface area (Å²) in [5, 5.41) is 5.45. The van der Waals surface area contributed by atoms with Crippen LogP contribution in [-0.2, 0) is 0 Å². The van der Waals surface area contributed by atoms with E-state index in [-0.39, 0.29) is 0 Å². The van der Waals surface area contributed by atoms with Crippen LogP contribution >= 0.6 is 0 Å². The molecule has 0 unspecified atom stereocenters. The summed E-state index contributed by atoms with van der Waals surface area (Å²) < 4.78 is 12.9. The Morgan fingerprint density at radius 3 is 1.65 bits per heavy atom. The monoisotopic (exact) mass is 767 g/mol. The molecule has 0 fully saturated rings. The second-order valence-corrected chi connectivity index (χ2v) is 15.1. The minimum Gasteiger partial charge on any atom is -0.455 e. The molecule has 5 heteroatoms. The number of hydrogen-bond donors (Lipinski definition) is 0. The van der Waals surface area contributed by atoms with Gasteiger partial charge in [-0.05, 0) is 47.0 Å². The van der Waals surface area contributed by atoms with Crippen molar-refractivity contribution in [2.45, 2.75) is 0 Å². The minimum absolute atomic E-state index is 0.654. The van der Waals surface area contributed by atoms with Gasteiger partial charge >= 0.3 is 0 Å². The molecular weight excluding hydrogens is 735 g/mol. The van der Waals surface area contributed by atoms with E-state index >= 15 is 0 Å². The van der Waals surface area contributed by atoms with E-state index in [0.29, 0.717) is 5.82 Å². The maximum absolute atomic E-state index is 6.48. The molecule has 0 aliphatic carbocycles. The molecule has 0 spiro atoms. The third-order valence-corrected chi connectivity index (χ3v) is 11.5. The summed E-state index contributed by atoms with van der Waals surface area (Å²) in [5.74, 6) is 0.654. The normalized spacial score (nSPS) is 11.7. The molecule has 12 aromatic rings. The fourth-order valence-corrected chi connectivity index (χ4v) is 8.57. The summed E-state index contributed by atoms with van der Waals surface area (Å²) in [7, 11) is 0. The Bertz CT molecular complexity index is 3590. The third kappa shape index (κ3) is 5.67. The highest BCUT2D eigenvalue weighted by atomic mass is 16.3. The smallest absolute Gasteiger partial charge is 0.162 e. The summed E-state index contributed by atoms with van der Waals surface area (Å²) in [6.45, 7) is 0. The van der Waals surface area contributed by atoms with Gasteiger partial charge in [-0.2, -0.15) is 0 Å².